The Morgan fingerprint density at radius 3 is 2.27 bits per heavy atom. The molecule has 1 saturated carbocycles. The van der Waals surface area contributed by atoms with E-state index in [1.54, 1.807) is 19.1 Å². The second-order valence-electron chi connectivity index (χ2n) is 7.15. The van der Waals surface area contributed by atoms with Gasteiger partial charge in [0.25, 0.3) is 0 Å². The van der Waals surface area contributed by atoms with E-state index < -0.39 is 17.7 Å². The zero-order valence-corrected chi connectivity index (χ0v) is 14.0. The first kappa shape index (κ1) is 17.0. The Labute approximate surface area is 132 Å². The van der Waals surface area contributed by atoms with Crippen LogP contribution in [0, 0.1) is 23.2 Å². The first-order valence-corrected chi connectivity index (χ1v) is 7.75. The Morgan fingerprint density at radius 2 is 1.77 bits per heavy atom. The molecule has 1 aliphatic carbocycles. The van der Waals surface area contributed by atoms with Crippen LogP contribution in [0.15, 0.2) is 0 Å². The van der Waals surface area contributed by atoms with E-state index in [0.29, 0.717) is 6.54 Å². The number of carbonyl (C=O) groups is 1. The number of rotatable bonds is 2. The van der Waals surface area contributed by atoms with Crippen LogP contribution in [0.5, 0.6) is 0 Å². The van der Waals surface area contributed by atoms with Crippen molar-refractivity contribution in [2.45, 2.75) is 57.5 Å². The molecule has 0 spiro atoms. The van der Waals surface area contributed by atoms with Crippen molar-refractivity contribution >= 4 is 6.09 Å². The van der Waals surface area contributed by atoms with Crippen molar-refractivity contribution in [3.05, 3.63) is 0 Å². The Balaban J connectivity index is 2.14. The molecule has 6 heteroatoms. The van der Waals surface area contributed by atoms with Crippen molar-refractivity contribution in [1.29, 1.82) is 5.26 Å². The van der Waals surface area contributed by atoms with E-state index in [1.807, 2.05) is 20.8 Å². The highest BCUT2D eigenvalue weighted by Crippen LogP contribution is 2.42. The lowest BCUT2D eigenvalue weighted by molar-refractivity contribution is -0.0811. The maximum absolute atomic E-state index is 12.4. The van der Waals surface area contributed by atoms with Crippen LogP contribution in [0.2, 0.25) is 0 Å². The number of fused-ring (bicyclic) bond motifs is 1. The second kappa shape index (κ2) is 6.43. The van der Waals surface area contributed by atoms with Crippen molar-refractivity contribution < 1.29 is 19.0 Å². The molecule has 22 heavy (non-hydrogen) atoms. The van der Waals surface area contributed by atoms with Gasteiger partial charge in [0.1, 0.15) is 11.6 Å². The van der Waals surface area contributed by atoms with Gasteiger partial charge in [-0.15, -0.1) is 0 Å². The van der Waals surface area contributed by atoms with Crippen LogP contribution in [-0.4, -0.2) is 55.6 Å². The van der Waals surface area contributed by atoms with Crippen molar-refractivity contribution in [3.63, 3.8) is 0 Å². The summed E-state index contributed by atoms with van der Waals surface area (Å²) < 4.78 is 16.4. The van der Waals surface area contributed by atoms with Gasteiger partial charge < -0.3 is 14.2 Å². The predicted molar refractivity (Wildman–Crippen MR) is 80.1 cm³/mol. The molecule has 1 heterocycles. The average Bonchev–Trinajstić information content (AvgIpc) is 2.81. The Hall–Kier alpha value is -1.32. The van der Waals surface area contributed by atoms with Gasteiger partial charge in [-0.05, 0) is 39.5 Å². The minimum atomic E-state index is -0.561. The molecule has 2 fully saturated rings. The van der Waals surface area contributed by atoms with Crippen LogP contribution in [0.25, 0.3) is 0 Å². The van der Waals surface area contributed by atoms with Gasteiger partial charge in [0.05, 0.1) is 18.3 Å². The van der Waals surface area contributed by atoms with Crippen molar-refractivity contribution in [2.75, 3.05) is 20.8 Å². The molecule has 1 amide bonds. The van der Waals surface area contributed by atoms with Crippen molar-refractivity contribution in [3.8, 4) is 6.07 Å². The van der Waals surface area contributed by atoms with Gasteiger partial charge >= 0.3 is 6.09 Å². The van der Waals surface area contributed by atoms with Gasteiger partial charge in [-0.25, -0.2) is 4.79 Å². The molecule has 5 atom stereocenters. The molecule has 124 valence electrons. The summed E-state index contributed by atoms with van der Waals surface area (Å²) in [7, 11) is 3.35. The highest BCUT2D eigenvalue weighted by molar-refractivity contribution is 5.69. The molecule has 2 rings (SSSR count). The Kier molecular flexibility index (Phi) is 4.98. The lowest BCUT2D eigenvalue weighted by Gasteiger charge is -2.36. The van der Waals surface area contributed by atoms with Gasteiger partial charge in [0.15, 0.2) is 0 Å². The summed E-state index contributed by atoms with van der Waals surface area (Å²) >= 11 is 0. The maximum Gasteiger partial charge on any atom is 0.411 e. The standard InChI is InChI=1S/C16H26N2O4/c1-16(2,3)22-15(19)18-9-10-6-13(20-4)14(21-5)7-11(10)12(18)8-17/h10-14H,6-7,9H2,1-5H3. The number of hydrogen-bond acceptors (Lipinski definition) is 5. The molecule has 0 aromatic carbocycles. The molecule has 1 aliphatic heterocycles. The summed E-state index contributed by atoms with van der Waals surface area (Å²) in [5.74, 6) is 0.377. The van der Waals surface area contributed by atoms with E-state index in [2.05, 4.69) is 6.07 Å². The molecule has 0 N–H and O–H groups in total. The lowest BCUT2D eigenvalue weighted by Crippen LogP contribution is -2.43. The number of hydrogen-bond donors (Lipinski definition) is 0. The first-order chi connectivity index (χ1) is 10.3. The topological polar surface area (TPSA) is 71.8 Å². The minimum Gasteiger partial charge on any atom is -0.444 e. The van der Waals surface area contributed by atoms with Crippen LogP contribution in [0.3, 0.4) is 0 Å². The quantitative estimate of drug-likeness (QED) is 0.782. The third-order valence-electron chi connectivity index (χ3n) is 4.60. The molecular weight excluding hydrogens is 284 g/mol. The smallest absolute Gasteiger partial charge is 0.411 e. The monoisotopic (exact) mass is 310 g/mol. The average molecular weight is 310 g/mol. The van der Waals surface area contributed by atoms with E-state index in [4.69, 9.17) is 14.2 Å². The molecule has 0 bridgehead atoms. The predicted octanol–water partition coefficient (Wildman–Crippen LogP) is 2.19. The fourth-order valence-corrected chi connectivity index (χ4v) is 3.60. The largest absolute Gasteiger partial charge is 0.444 e. The van der Waals surface area contributed by atoms with Gasteiger partial charge in [-0.3, -0.25) is 4.90 Å². The summed E-state index contributed by atoms with van der Waals surface area (Å²) in [5, 5.41) is 9.53. The van der Waals surface area contributed by atoms with Crippen LogP contribution in [0.4, 0.5) is 4.79 Å². The number of carbonyl (C=O) groups excluding carboxylic acids is 1. The number of methoxy groups -OCH3 is 2. The molecule has 0 aromatic heterocycles. The molecule has 5 unspecified atom stereocenters. The number of nitrogens with zero attached hydrogens (tertiary/aromatic N) is 2. The Morgan fingerprint density at radius 1 is 1.18 bits per heavy atom. The minimum absolute atomic E-state index is 0.0178. The maximum atomic E-state index is 12.4. The third-order valence-corrected chi connectivity index (χ3v) is 4.60. The van der Waals surface area contributed by atoms with E-state index in [0.717, 1.165) is 12.8 Å². The highest BCUT2D eigenvalue weighted by atomic mass is 16.6. The lowest BCUT2D eigenvalue weighted by atomic mass is 9.76. The Bertz CT molecular complexity index is 454. The highest BCUT2D eigenvalue weighted by Gasteiger charge is 2.50. The molecule has 2 aliphatic rings. The zero-order chi connectivity index (χ0) is 16.5. The molecule has 6 nitrogen and oxygen atoms in total. The van der Waals surface area contributed by atoms with E-state index in [9.17, 15) is 10.1 Å². The normalized spacial score (nSPS) is 34.9. The summed E-state index contributed by atoms with van der Waals surface area (Å²) in [5.41, 5.74) is -0.561. The SMILES string of the molecule is COC1CC2CN(C(=O)OC(C)(C)C)C(C#N)C2CC1OC. The number of nitriles is 1. The summed E-state index contributed by atoms with van der Waals surface area (Å²) in [6.07, 6.45) is 1.12. The van der Waals surface area contributed by atoms with Crippen molar-refractivity contribution in [2.24, 2.45) is 11.8 Å². The van der Waals surface area contributed by atoms with Crippen LogP contribution in [-0.2, 0) is 14.2 Å². The number of likely N-dealkylation sites (tertiary alicyclic amines) is 1. The zero-order valence-electron chi connectivity index (χ0n) is 14.0. The fraction of sp³-hybridized carbons (Fsp3) is 0.875. The molecule has 1 saturated heterocycles. The summed E-state index contributed by atoms with van der Waals surface area (Å²) in [6.45, 7) is 6.04. The molecule has 0 aromatic rings. The second-order valence-corrected chi connectivity index (χ2v) is 7.15. The van der Waals surface area contributed by atoms with Crippen molar-refractivity contribution in [1.82, 2.24) is 4.90 Å². The summed E-state index contributed by atoms with van der Waals surface area (Å²) in [4.78, 5) is 13.9. The third kappa shape index (κ3) is 3.36. The number of amides is 1. The first-order valence-electron chi connectivity index (χ1n) is 7.75. The molecule has 0 radical (unpaired) electrons. The van der Waals surface area contributed by atoms with Crippen LogP contribution in [0.1, 0.15) is 33.6 Å². The van der Waals surface area contributed by atoms with E-state index in [-0.39, 0.29) is 24.0 Å². The van der Waals surface area contributed by atoms with Crippen LogP contribution >= 0.6 is 0 Å². The number of ether oxygens (including phenoxy) is 3. The van der Waals surface area contributed by atoms with E-state index >= 15 is 0 Å². The summed E-state index contributed by atoms with van der Waals surface area (Å²) in [6, 6.07) is 1.84. The fourth-order valence-electron chi connectivity index (χ4n) is 3.60. The van der Waals surface area contributed by atoms with Gasteiger partial charge in [-0.2, -0.15) is 5.26 Å². The molecular formula is C16H26N2O4. The van der Waals surface area contributed by atoms with Gasteiger partial charge in [0, 0.05) is 26.7 Å². The van der Waals surface area contributed by atoms with Gasteiger partial charge in [0.2, 0.25) is 0 Å². The van der Waals surface area contributed by atoms with Crippen LogP contribution < -0.4 is 0 Å². The van der Waals surface area contributed by atoms with E-state index in [1.165, 1.54) is 0 Å². The van der Waals surface area contributed by atoms with Gasteiger partial charge in [-0.1, -0.05) is 0 Å².